The highest BCUT2D eigenvalue weighted by Crippen LogP contribution is 2.37. The van der Waals surface area contributed by atoms with E-state index in [0.717, 1.165) is 16.3 Å². The van der Waals surface area contributed by atoms with E-state index in [4.69, 9.17) is 9.47 Å². The minimum Gasteiger partial charge on any atom is -0.485 e. The zero-order valence-corrected chi connectivity index (χ0v) is 23.1. The number of halogens is 3. The summed E-state index contributed by atoms with van der Waals surface area (Å²) >= 11 is 0. The smallest absolute Gasteiger partial charge is 0.485 e. The lowest BCUT2D eigenvalue weighted by Gasteiger charge is -2.29. The predicted octanol–water partition coefficient (Wildman–Crippen LogP) is 7.03. The van der Waals surface area contributed by atoms with E-state index in [1.807, 2.05) is 42.5 Å². The zero-order chi connectivity index (χ0) is 29.1. The molecule has 3 aromatic carbocycles. The Kier molecular flexibility index (Phi) is 8.34. The molecule has 4 rings (SSSR count). The molecule has 214 valence electrons. The van der Waals surface area contributed by atoms with Crippen LogP contribution in [-0.2, 0) is 25.6 Å². The zero-order valence-electron chi connectivity index (χ0n) is 22.3. The molecule has 0 radical (unpaired) electrons. The van der Waals surface area contributed by atoms with Gasteiger partial charge in [-0.25, -0.2) is 4.79 Å². The van der Waals surface area contributed by atoms with Gasteiger partial charge >= 0.3 is 21.7 Å². The summed E-state index contributed by atoms with van der Waals surface area (Å²) in [6, 6.07) is 19.8. The summed E-state index contributed by atoms with van der Waals surface area (Å²) in [4.78, 5) is 14.7. The Morgan fingerprint density at radius 1 is 0.975 bits per heavy atom. The second-order valence-corrected chi connectivity index (χ2v) is 11.9. The van der Waals surface area contributed by atoms with E-state index in [1.165, 1.54) is 24.3 Å². The number of rotatable bonds is 8. The molecule has 3 aromatic rings. The first-order valence-corrected chi connectivity index (χ1v) is 14.1. The van der Waals surface area contributed by atoms with Crippen molar-refractivity contribution in [1.82, 2.24) is 4.90 Å². The number of para-hydroxylation sites is 1. The van der Waals surface area contributed by atoms with Crippen LogP contribution in [-0.4, -0.2) is 43.2 Å². The fraction of sp³-hybridized carbons (Fsp3) is 0.345. The third kappa shape index (κ3) is 7.07. The Morgan fingerprint density at radius 3 is 2.38 bits per heavy atom. The summed E-state index contributed by atoms with van der Waals surface area (Å²) in [5.41, 5.74) is -5.27. The van der Waals surface area contributed by atoms with Crippen molar-refractivity contribution < 1.29 is 40.0 Å². The number of ether oxygens (including phenoxy) is 2. The van der Waals surface area contributed by atoms with Crippen molar-refractivity contribution in [3.05, 3.63) is 83.9 Å². The van der Waals surface area contributed by atoms with Gasteiger partial charge in [-0.15, -0.1) is 0 Å². The highest BCUT2D eigenvalue weighted by Gasteiger charge is 2.49. The summed E-state index contributed by atoms with van der Waals surface area (Å²) in [6.45, 7) is 5.85. The molecule has 0 fully saturated rings. The molecule has 1 aliphatic heterocycles. The molecular weight excluding hydrogens is 547 g/mol. The first kappa shape index (κ1) is 29.3. The molecule has 1 aliphatic rings. The number of carbonyl (C=O) groups excluding carboxylic acids is 1. The largest absolute Gasteiger partial charge is 0.534 e. The maximum absolute atomic E-state index is 13.1. The van der Waals surface area contributed by atoms with Gasteiger partial charge in [0.2, 0.25) is 0 Å². The predicted molar refractivity (Wildman–Crippen MR) is 145 cm³/mol. The fourth-order valence-corrected chi connectivity index (χ4v) is 4.77. The third-order valence-corrected chi connectivity index (χ3v) is 7.03. The van der Waals surface area contributed by atoms with Crippen LogP contribution in [0.3, 0.4) is 0 Å². The molecule has 0 bridgehead atoms. The number of alkyl halides is 3. The molecule has 0 saturated heterocycles. The molecule has 11 heteroatoms. The summed E-state index contributed by atoms with van der Waals surface area (Å²) < 4.78 is 78.4. The van der Waals surface area contributed by atoms with Crippen molar-refractivity contribution in [3.8, 4) is 5.75 Å². The van der Waals surface area contributed by atoms with Crippen molar-refractivity contribution in [2.24, 2.45) is 0 Å². The Labute approximate surface area is 231 Å². The Balaban J connectivity index is 1.52. The molecule has 0 spiro atoms. The van der Waals surface area contributed by atoms with E-state index in [0.29, 0.717) is 6.42 Å². The monoisotopic (exact) mass is 577 g/mol. The first-order valence-electron chi connectivity index (χ1n) is 12.7. The van der Waals surface area contributed by atoms with Crippen molar-refractivity contribution in [2.75, 3.05) is 6.54 Å². The molecule has 0 saturated carbocycles. The van der Waals surface area contributed by atoms with E-state index < -0.39 is 39.2 Å². The molecule has 1 unspecified atom stereocenters. The van der Waals surface area contributed by atoms with Gasteiger partial charge in [-0.05, 0) is 62.1 Å². The van der Waals surface area contributed by atoms with Gasteiger partial charge in [0.05, 0.1) is 5.56 Å². The Hall–Kier alpha value is -3.73. The van der Waals surface area contributed by atoms with Gasteiger partial charge in [-0.1, -0.05) is 54.6 Å². The van der Waals surface area contributed by atoms with E-state index in [9.17, 15) is 26.4 Å². The van der Waals surface area contributed by atoms with Gasteiger partial charge in [0, 0.05) is 19.2 Å². The van der Waals surface area contributed by atoms with Gasteiger partial charge in [0.1, 0.15) is 17.5 Å². The summed E-state index contributed by atoms with van der Waals surface area (Å²) in [6.07, 6.45) is 0.570. The van der Waals surface area contributed by atoms with Crippen LogP contribution in [0.4, 0.5) is 18.0 Å². The van der Waals surface area contributed by atoms with Crippen LogP contribution in [0.5, 0.6) is 5.75 Å². The third-order valence-electron chi connectivity index (χ3n) is 6.06. The van der Waals surface area contributed by atoms with Crippen molar-refractivity contribution in [3.63, 3.8) is 0 Å². The van der Waals surface area contributed by atoms with Crippen molar-refractivity contribution in [1.29, 1.82) is 0 Å². The van der Waals surface area contributed by atoms with E-state index in [1.54, 1.807) is 31.7 Å². The number of fused-ring (bicyclic) bond motifs is 2. The maximum atomic E-state index is 13.1. The quantitative estimate of drug-likeness (QED) is 0.211. The van der Waals surface area contributed by atoms with Crippen LogP contribution in [0.2, 0.25) is 0 Å². The van der Waals surface area contributed by atoms with Gasteiger partial charge in [0.15, 0.2) is 5.76 Å². The first-order chi connectivity index (χ1) is 18.7. The molecule has 1 heterocycles. The molecule has 0 aliphatic carbocycles. The lowest BCUT2D eigenvalue weighted by atomic mass is 10.0. The average molecular weight is 578 g/mol. The minimum atomic E-state index is -5.87. The van der Waals surface area contributed by atoms with Gasteiger partial charge in [-0.2, -0.15) is 21.6 Å². The molecule has 40 heavy (non-hydrogen) atoms. The average Bonchev–Trinajstić information content (AvgIpc) is 2.86. The molecule has 1 amide bonds. The minimum absolute atomic E-state index is 0.0953. The molecule has 0 N–H and O–H groups in total. The molecule has 0 aromatic heterocycles. The number of carbonyl (C=O) groups is 1. The van der Waals surface area contributed by atoms with Crippen LogP contribution in [0.1, 0.15) is 44.7 Å². The van der Waals surface area contributed by atoms with E-state index in [-0.39, 0.29) is 30.8 Å². The second kappa shape index (κ2) is 11.4. The molecule has 7 nitrogen and oxygen atoms in total. The topological polar surface area (TPSA) is 82.1 Å². The number of hydrogen-bond donors (Lipinski definition) is 0. The van der Waals surface area contributed by atoms with Gasteiger partial charge in [-0.3, -0.25) is 0 Å². The Morgan fingerprint density at radius 2 is 1.65 bits per heavy atom. The summed E-state index contributed by atoms with van der Waals surface area (Å²) in [5.74, 6) is -0.258. The highest BCUT2D eigenvalue weighted by molar-refractivity contribution is 7.87. The number of benzene rings is 3. The molecule has 1 atom stereocenters. The summed E-state index contributed by atoms with van der Waals surface area (Å²) in [7, 11) is -5.87. The summed E-state index contributed by atoms with van der Waals surface area (Å²) in [5, 5.41) is 2.03. The SMILES string of the molecule is CC(C)(C)OC(=O)N(CCCC1C=C(OS(=O)(=O)C(F)(F)F)c2ccccc2O1)Cc1cccc2ccccc12. The van der Waals surface area contributed by atoms with E-state index in [2.05, 4.69) is 4.18 Å². The highest BCUT2D eigenvalue weighted by atomic mass is 32.2. The maximum Gasteiger partial charge on any atom is 0.534 e. The lowest BCUT2D eigenvalue weighted by molar-refractivity contribution is -0.0510. The number of hydrogen-bond acceptors (Lipinski definition) is 6. The van der Waals surface area contributed by atoms with Gasteiger partial charge < -0.3 is 18.6 Å². The number of nitrogens with zero attached hydrogens (tertiary/aromatic N) is 1. The second-order valence-electron chi connectivity index (χ2n) is 10.3. The van der Waals surface area contributed by atoms with Crippen LogP contribution >= 0.6 is 0 Å². The lowest BCUT2D eigenvalue weighted by Crippen LogP contribution is -2.37. The fourth-order valence-electron chi connectivity index (χ4n) is 4.29. The molecular formula is C29H30F3NO6S. The van der Waals surface area contributed by atoms with Crippen LogP contribution in [0.25, 0.3) is 16.5 Å². The number of amides is 1. The van der Waals surface area contributed by atoms with Crippen LogP contribution < -0.4 is 4.74 Å². The Bertz CT molecular complexity index is 1510. The van der Waals surface area contributed by atoms with Crippen LogP contribution in [0, 0.1) is 0 Å². The van der Waals surface area contributed by atoms with E-state index >= 15 is 0 Å². The standard InChI is InChI=1S/C29H30F3NO6S/c1-28(2,3)38-27(34)33(19-21-12-8-11-20-10-4-5-14-23(20)21)17-9-13-22-18-26(39-40(35,36)29(30,31)32)24-15-6-7-16-25(24)37-22/h4-8,10-12,14-16,18,22H,9,13,17,19H2,1-3H3. The van der Waals surface area contributed by atoms with Crippen LogP contribution in [0.15, 0.2) is 72.8 Å². The van der Waals surface area contributed by atoms with Crippen molar-refractivity contribution >= 4 is 32.7 Å². The van der Waals surface area contributed by atoms with Crippen molar-refractivity contribution in [2.45, 2.75) is 57.4 Å². The normalized spacial score (nSPS) is 15.6. The van der Waals surface area contributed by atoms with Gasteiger partial charge in [0.25, 0.3) is 0 Å².